The fourth-order valence-electron chi connectivity index (χ4n) is 13.0. The maximum atomic E-state index is 15.9. The summed E-state index contributed by atoms with van der Waals surface area (Å²) in [7, 11) is 0. The number of hydrogen-bond donors (Lipinski definition) is 0. The molecule has 0 bridgehead atoms. The van der Waals surface area contributed by atoms with Crippen LogP contribution in [-0.4, -0.2) is 142 Å². The Morgan fingerprint density at radius 3 is 0.669 bits per heavy atom. The highest BCUT2D eigenvalue weighted by molar-refractivity contribution is 8.57. The van der Waals surface area contributed by atoms with Gasteiger partial charge in [0, 0.05) is 46.4 Å². The van der Waals surface area contributed by atoms with Gasteiger partial charge >= 0.3 is 46.8 Å². The molecule has 36 heteroatoms. The summed E-state index contributed by atoms with van der Waals surface area (Å²) < 4.78 is 197. The molecule has 0 spiro atoms. The SMILES string of the molecule is CCCCC(CC)CCP(=O)(OCC(CC)CCCC)SCC(C)OP(=O)(OC(C)CSP(=O)(OCC(CC)CCCC)OCC(CC)CCCC)SCC(C)OP(=O)(OC(C)CSP(=O)(OC(C)CSP(=O)(OCC(CC)CCCC)OCC(CC)CCCC)OC(C)CSP(=O)(OCC(CC)CCCC)OCC(CC)CCCC)SCCC(=O)OCC. The van der Waals surface area contributed by atoms with Crippen LogP contribution in [-0.2, 0) is 100 Å². The normalized spacial score (nSPS) is 19.2. The number of ether oxygens (including phenoxy) is 1. The molecule has 0 aromatic carbocycles. The minimum absolute atomic E-state index is 0.0365. The predicted molar refractivity (Wildman–Crippen MR) is 543 cm³/mol. The molecule has 0 aliphatic carbocycles. The van der Waals surface area contributed by atoms with Crippen molar-refractivity contribution in [2.45, 2.75) is 414 Å². The molecular formula is C88H183O22P7S7. The quantitative estimate of drug-likeness (QED) is 0.0404. The minimum atomic E-state index is -4.38. The molecule has 0 aliphatic rings. The molecule has 744 valence electrons. The lowest BCUT2D eigenvalue weighted by Gasteiger charge is -2.29. The largest absolute Gasteiger partial charge is 0.466 e. The van der Waals surface area contributed by atoms with Crippen molar-refractivity contribution in [1.82, 2.24) is 0 Å². The fourth-order valence-corrected chi connectivity index (χ4v) is 40.4. The standard InChI is InChI=1S/C88H183O22P7S7/c1-24-41-49-80(32-9)57-59-111(90,98-61-81(33-10)50-42-25-2)119-68-74(18)107-116(95,108-75(19)69-120-112(91,99-62-82(34-11)51-43-26-3)100-63-83(35-12)52-44-27-4)123-72-78(22)105-115(94,118-60-58-88(89)97-40-17)106-79(23)73-124-117(96,109-76(20)70-121-113(92,101-64-84(36-13)53-45-28-5)102-65-85(37-14)54-46-29-6)110-77(21)71-122-114(93,103-66-86(38-15)55-47-30-7)104-67-87(39-16)56-48-31-8/h74-87H,24-73H2,1-23H3. The van der Waals surface area contributed by atoms with Gasteiger partial charge in [-0.05, 0) is 215 Å². The predicted octanol–water partition coefficient (Wildman–Crippen LogP) is 34.6. The molecule has 17 atom stereocenters. The second-order valence-corrected chi connectivity index (χ2v) is 63.3. The summed E-state index contributed by atoms with van der Waals surface area (Å²) in [6, 6.07) is 0. The second kappa shape index (κ2) is 76.0. The van der Waals surface area contributed by atoms with Crippen LogP contribution in [0.2, 0.25) is 0 Å². The van der Waals surface area contributed by atoms with Crippen LogP contribution in [0.1, 0.15) is 378 Å². The van der Waals surface area contributed by atoms with Gasteiger partial charge in [0.2, 0.25) is 0 Å². The van der Waals surface area contributed by atoms with Crippen LogP contribution in [0.4, 0.5) is 0 Å². The lowest BCUT2D eigenvalue weighted by Crippen LogP contribution is -2.19. The number of hydrogen-bond acceptors (Lipinski definition) is 29. The van der Waals surface area contributed by atoms with Crippen molar-refractivity contribution in [3.8, 4) is 0 Å². The Hall–Kier alpha value is 3.01. The van der Waals surface area contributed by atoms with Gasteiger partial charge in [-0.15, -0.1) is 0 Å². The van der Waals surface area contributed by atoms with E-state index in [0.29, 0.717) is 18.7 Å². The van der Waals surface area contributed by atoms with Gasteiger partial charge in [-0.1, -0.05) is 283 Å². The van der Waals surface area contributed by atoms with E-state index in [4.69, 9.17) is 63.5 Å². The zero-order valence-electron chi connectivity index (χ0n) is 81.9. The Kier molecular flexibility index (Phi) is 77.8. The first kappa shape index (κ1) is 127. The molecule has 0 aromatic heterocycles. The first-order valence-electron chi connectivity index (χ1n) is 48.5. The van der Waals surface area contributed by atoms with Gasteiger partial charge < -0.3 is 36.4 Å². The molecule has 0 aliphatic heterocycles. The number of carbonyl (C=O) groups excluding carboxylic acids is 1. The van der Waals surface area contributed by atoms with Crippen LogP contribution in [0.15, 0.2) is 0 Å². The number of carbonyl (C=O) groups is 1. The third kappa shape index (κ3) is 62.8. The van der Waals surface area contributed by atoms with Crippen LogP contribution in [0, 0.1) is 47.3 Å². The van der Waals surface area contributed by atoms with Crippen molar-refractivity contribution < 1.29 is 100 Å². The molecule has 0 amide bonds. The molecule has 0 rings (SSSR count). The second-order valence-electron chi connectivity index (χ2n) is 33.9. The van der Waals surface area contributed by atoms with Crippen molar-refractivity contribution in [2.24, 2.45) is 47.3 Å². The average Bonchev–Trinajstić information content (AvgIpc) is 0.810. The Morgan fingerprint density at radius 2 is 0.452 bits per heavy atom. The highest BCUT2D eigenvalue weighted by atomic mass is 32.7. The Morgan fingerprint density at radius 1 is 0.250 bits per heavy atom. The van der Waals surface area contributed by atoms with Crippen LogP contribution in [0.5, 0.6) is 0 Å². The molecule has 0 saturated carbocycles. The minimum Gasteiger partial charge on any atom is -0.466 e. The van der Waals surface area contributed by atoms with Crippen LogP contribution >= 0.6 is 127 Å². The van der Waals surface area contributed by atoms with Gasteiger partial charge in [0.25, 0.3) is 6.57 Å². The van der Waals surface area contributed by atoms with E-state index < -0.39 is 89.9 Å². The fraction of sp³-hybridized carbons (Fsp3) is 0.989. The topological polar surface area (TPSA) is 266 Å². The summed E-state index contributed by atoms with van der Waals surface area (Å²) in [4.78, 5) is 13.0. The van der Waals surface area contributed by atoms with Gasteiger partial charge in [-0.25, -0.2) is 27.4 Å². The van der Waals surface area contributed by atoms with E-state index in [1.165, 1.54) is 11.4 Å². The van der Waals surface area contributed by atoms with Gasteiger partial charge in [-0.3, -0.25) is 36.5 Å². The highest BCUT2D eigenvalue weighted by Gasteiger charge is 2.42. The van der Waals surface area contributed by atoms with Gasteiger partial charge in [0.15, 0.2) is 0 Å². The molecule has 0 saturated heterocycles. The third-order valence-electron chi connectivity index (χ3n) is 22.0. The van der Waals surface area contributed by atoms with Crippen LogP contribution in [0.25, 0.3) is 0 Å². The molecule has 22 nitrogen and oxygen atoms in total. The summed E-state index contributed by atoms with van der Waals surface area (Å²) in [6.07, 6.45) is 26.5. The molecule has 0 aromatic rings. The van der Waals surface area contributed by atoms with E-state index in [9.17, 15) is 4.79 Å². The van der Waals surface area contributed by atoms with Crippen molar-refractivity contribution >= 4 is 133 Å². The van der Waals surface area contributed by atoms with E-state index in [-0.39, 0.29) is 134 Å². The van der Waals surface area contributed by atoms with E-state index >= 15 is 32.0 Å². The summed E-state index contributed by atoms with van der Waals surface area (Å²) in [5.74, 6) is 1.14. The van der Waals surface area contributed by atoms with Gasteiger partial charge in [0.05, 0.1) is 95.9 Å². The third-order valence-corrected chi connectivity index (χ3v) is 50.7. The molecule has 0 radical (unpaired) electrons. The van der Waals surface area contributed by atoms with Crippen molar-refractivity contribution in [1.29, 1.82) is 0 Å². The van der Waals surface area contributed by atoms with Crippen LogP contribution in [0.3, 0.4) is 0 Å². The van der Waals surface area contributed by atoms with Crippen molar-refractivity contribution in [3.05, 3.63) is 0 Å². The number of unbranched alkanes of at least 4 members (excludes halogenated alkanes) is 8. The molecule has 17 unspecified atom stereocenters. The zero-order chi connectivity index (χ0) is 93.4. The van der Waals surface area contributed by atoms with Crippen molar-refractivity contribution in [2.75, 3.05) is 99.3 Å². The smallest absolute Gasteiger partial charge is 0.389 e. The Labute approximate surface area is 787 Å². The molecule has 0 heterocycles. The maximum Gasteiger partial charge on any atom is 0.389 e. The average molecular weight is 2030 g/mol. The summed E-state index contributed by atoms with van der Waals surface area (Å²) in [5, 5.41) is 0. The van der Waals surface area contributed by atoms with Gasteiger partial charge in [0.1, 0.15) is 0 Å². The highest BCUT2D eigenvalue weighted by Crippen LogP contribution is 2.71. The Balaban J connectivity index is 8.09. The van der Waals surface area contributed by atoms with Crippen LogP contribution < -0.4 is 0 Å². The lowest BCUT2D eigenvalue weighted by molar-refractivity contribution is -0.142. The Bertz CT molecular complexity index is 2550. The summed E-state index contributed by atoms with van der Waals surface area (Å²) >= 11 is 6.74. The lowest BCUT2D eigenvalue weighted by atomic mass is 9.97. The van der Waals surface area contributed by atoms with E-state index in [2.05, 4.69) is 111 Å². The zero-order valence-corrected chi connectivity index (χ0v) is 93.9. The number of rotatable bonds is 91. The molecule has 0 N–H and O–H groups in total. The summed E-state index contributed by atoms with van der Waals surface area (Å²) in [6.45, 7) is 20.3. The first-order valence-corrected chi connectivity index (χ1v) is 70.7. The van der Waals surface area contributed by atoms with Crippen molar-refractivity contribution in [3.63, 3.8) is 0 Å². The number of esters is 1. The molecule has 124 heavy (non-hydrogen) atoms. The van der Waals surface area contributed by atoms with E-state index in [0.717, 1.165) is 280 Å². The summed E-state index contributed by atoms with van der Waals surface area (Å²) in [5.41, 5.74) is 0. The van der Waals surface area contributed by atoms with Gasteiger partial charge in [-0.2, -0.15) is 0 Å². The molecule has 0 fully saturated rings. The monoisotopic (exact) mass is 2030 g/mol. The maximum absolute atomic E-state index is 15.9. The van der Waals surface area contributed by atoms with E-state index in [1.807, 2.05) is 0 Å². The van der Waals surface area contributed by atoms with E-state index in [1.54, 1.807) is 48.5 Å². The first-order chi connectivity index (χ1) is 59.0. The molecular weight excluding hydrogens is 1850 g/mol.